The van der Waals surface area contributed by atoms with E-state index in [1.807, 2.05) is 12.1 Å². The van der Waals surface area contributed by atoms with Gasteiger partial charge in [-0.3, -0.25) is 10.3 Å². The van der Waals surface area contributed by atoms with Crippen LogP contribution in [0.5, 0.6) is 5.75 Å². The van der Waals surface area contributed by atoms with Crippen LogP contribution < -0.4 is 10.5 Å². The Morgan fingerprint density at radius 1 is 1.35 bits per heavy atom. The van der Waals surface area contributed by atoms with Gasteiger partial charge >= 0.3 is 0 Å². The van der Waals surface area contributed by atoms with Gasteiger partial charge in [-0.2, -0.15) is 0 Å². The standard InChI is InChI=1S/C15H25N3O2/c1-4-18(11-15(2,3)19)9-10-20-13-7-5-12(6-8-13)14(16)17/h5-8,19H,4,9-11H2,1-3H3,(H3,16,17). The summed E-state index contributed by atoms with van der Waals surface area (Å²) < 4.78 is 5.65. The molecule has 20 heavy (non-hydrogen) atoms. The first-order chi connectivity index (χ1) is 9.31. The number of hydrogen-bond donors (Lipinski definition) is 3. The Balaban J connectivity index is 2.41. The second kappa shape index (κ2) is 7.26. The zero-order valence-corrected chi connectivity index (χ0v) is 12.5. The summed E-state index contributed by atoms with van der Waals surface area (Å²) in [6, 6.07) is 7.16. The minimum Gasteiger partial charge on any atom is -0.492 e. The molecule has 0 saturated heterocycles. The van der Waals surface area contributed by atoms with Gasteiger partial charge in [0, 0.05) is 18.7 Å². The molecule has 0 amide bonds. The van der Waals surface area contributed by atoms with E-state index in [9.17, 15) is 5.11 Å². The van der Waals surface area contributed by atoms with Crippen LogP contribution >= 0.6 is 0 Å². The molecular weight excluding hydrogens is 254 g/mol. The third-order valence-electron chi connectivity index (χ3n) is 2.90. The minimum absolute atomic E-state index is 0.0545. The van der Waals surface area contributed by atoms with Gasteiger partial charge in [0.15, 0.2) is 0 Å². The van der Waals surface area contributed by atoms with Crippen molar-refractivity contribution < 1.29 is 9.84 Å². The number of hydrogen-bond acceptors (Lipinski definition) is 4. The third kappa shape index (κ3) is 6.04. The Morgan fingerprint density at radius 3 is 2.40 bits per heavy atom. The van der Waals surface area contributed by atoms with Crippen molar-refractivity contribution in [2.45, 2.75) is 26.4 Å². The number of amidine groups is 1. The Labute approximate surface area is 120 Å². The van der Waals surface area contributed by atoms with Crippen LogP contribution in [0.3, 0.4) is 0 Å². The van der Waals surface area contributed by atoms with Crippen LogP contribution in [0.25, 0.3) is 0 Å². The number of nitrogens with zero attached hydrogens (tertiary/aromatic N) is 1. The summed E-state index contributed by atoms with van der Waals surface area (Å²) in [5, 5.41) is 17.1. The number of nitrogens with two attached hydrogens (primary N) is 1. The fourth-order valence-corrected chi connectivity index (χ4v) is 1.92. The average molecular weight is 279 g/mol. The number of nitrogen functional groups attached to an aromatic ring is 1. The van der Waals surface area contributed by atoms with Crippen molar-refractivity contribution in [2.24, 2.45) is 5.73 Å². The van der Waals surface area contributed by atoms with Gasteiger partial charge in [0.25, 0.3) is 0 Å². The molecule has 0 heterocycles. The molecule has 0 radical (unpaired) electrons. The van der Waals surface area contributed by atoms with E-state index in [4.69, 9.17) is 15.9 Å². The molecule has 0 aromatic heterocycles. The first-order valence-electron chi connectivity index (χ1n) is 6.84. The molecule has 0 saturated carbocycles. The summed E-state index contributed by atoms with van der Waals surface area (Å²) in [6.45, 7) is 8.48. The van der Waals surface area contributed by atoms with Gasteiger partial charge in [0.2, 0.25) is 0 Å². The summed E-state index contributed by atoms with van der Waals surface area (Å²) in [6.07, 6.45) is 0. The lowest BCUT2D eigenvalue weighted by atomic mass is 10.1. The van der Waals surface area contributed by atoms with Gasteiger partial charge in [-0.15, -0.1) is 0 Å². The molecule has 112 valence electrons. The molecule has 5 nitrogen and oxygen atoms in total. The highest BCUT2D eigenvalue weighted by Crippen LogP contribution is 2.12. The number of aliphatic hydroxyl groups is 1. The van der Waals surface area contributed by atoms with Crippen molar-refractivity contribution >= 4 is 5.84 Å². The molecule has 0 spiro atoms. The van der Waals surface area contributed by atoms with Gasteiger partial charge < -0.3 is 15.6 Å². The largest absolute Gasteiger partial charge is 0.492 e. The fourth-order valence-electron chi connectivity index (χ4n) is 1.92. The van der Waals surface area contributed by atoms with Crippen molar-refractivity contribution in [3.63, 3.8) is 0 Å². The van der Waals surface area contributed by atoms with Crippen LogP contribution in [-0.2, 0) is 0 Å². The van der Waals surface area contributed by atoms with Crippen LogP contribution in [0, 0.1) is 5.41 Å². The normalized spacial score (nSPS) is 11.7. The van der Waals surface area contributed by atoms with Crippen LogP contribution in [0.15, 0.2) is 24.3 Å². The second-order valence-corrected chi connectivity index (χ2v) is 5.47. The van der Waals surface area contributed by atoms with Crippen LogP contribution in [0.1, 0.15) is 26.3 Å². The molecule has 0 aliphatic rings. The fraction of sp³-hybridized carbons (Fsp3) is 0.533. The predicted molar refractivity (Wildman–Crippen MR) is 81.4 cm³/mol. The number of ether oxygens (including phenoxy) is 1. The molecule has 1 aromatic carbocycles. The molecule has 0 aliphatic heterocycles. The Bertz CT molecular complexity index is 424. The van der Waals surface area contributed by atoms with E-state index in [1.165, 1.54) is 0 Å². The molecule has 1 aromatic rings. The summed E-state index contributed by atoms with van der Waals surface area (Å²) in [7, 11) is 0. The number of rotatable bonds is 8. The highest BCUT2D eigenvalue weighted by Gasteiger charge is 2.16. The topological polar surface area (TPSA) is 82.6 Å². The van der Waals surface area contributed by atoms with Gasteiger partial charge in [-0.05, 0) is 44.7 Å². The maximum atomic E-state index is 9.80. The van der Waals surface area contributed by atoms with E-state index in [-0.39, 0.29) is 5.84 Å². The SMILES string of the molecule is CCN(CCOc1ccc(C(=N)N)cc1)CC(C)(C)O. The van der Waals surface area contributed by atoms with Crippen LogP contribution in [0.2, 0.25) is 0 Å². The van der Waals surface area contributed by atoms with Crippen molar-refractivity contribution in [2.75, 3.05) is 26.2 Å². The maximum Gasteiger partial charge on any atom is 0.122 e. The van der Waals surface area contributed by atoms with E-state index in [0.29, 0.717) is 18.7 Å². The Hall–Kier alpha value is -1.59. The molecule has 0 fully saturated rings. The lowest BCUT2D eigenvalue weighted by Gasteiger charge is -2.27. The second-order valence-electron chi connectivity index (χ2n) is 5.47. The molecule has 4 N–H and O–H groups in total. The van der Waals surface area contributed by atoms with Crippen molar-refractivity contribution in [3.05, 3.63) is 29.8 Å². The first kappa shape index (κ1) is 16.5. The Morgan fingerprint density at radius 2 is 1.95 bits per heavy atom. The van der Waals surface area contributed by atoms with E-state index in [1.54, 1.807) is 26.0 Å². The molecule has 5 heteroatoms. The third-order valence-corrected chi connectivity index (χ3v) is 2.90. The molecule has 0 atom stereocenters. The van der Waals surface area contributed by atoms with Gasteiger partial charge in [-0.1, -0.05) is 6.92 Å². The molecule has 0 unspecified atom stereocenters. The minimum atomic E-state index is -0.695. The summed E-state index contributed by atoms with van der Waals surface area (Å²) in [4.78, 5) is 2.14. The van der Waals surface area contributed by atoms with Crippen molar-refractivity contribution in [1.82, 2.24) is 4.90 Å². The van der Waals surface area contributed by atoms with E-state index >= 15 is 0 Å². The maximum absolute atomic E-state index is 9.80. The number of likely N-dealkylation sites (N-methyl/N-ethyl adjacent to an activating group) is 1. The molecule has 1 rings (SSSR count). The monoisotopic (exact) mass is 279 g/mol. The molecule has 0 bridgehead atoms. The lowest BCUT2D eigenvalue weighted by molar-refractivity contribution is 0.0340. The smallest absolute Gasteiger partial charge is 0.122 e. The highest BCUT2D eigenvalue weighted by atomic mass is 16.5. The predicted octanol–water partition coefficient (Wildman–Crippen LogP) is 1.44. The first-order valence-corrected chi connectivity index (χ1v) is 6.84. The lowest BCUT2D eigenvalue weighted by Crippen LogP contribution is -2.40. The molecule has 0 aliphatic carbocycles. The van der Waals surface area contributed by atoms with Crippen LogP contribution in [-0.4, -0.2) is 47.7 Å². The van der Waals surface area contributed by atoms with Gasteiger partial charge in [0.05, 0.1) is 5.60 Å². The summed E-state index contributed by atoms with van der Waals surface area (Å²) in [5.41, 5.74) is 5.39. The number of nitrogens with one attached hydrogen (secondary N) is 1. The zero-order chi connectivity index (χ0) is 15.2. The summed E-state index contributed by atoms with van der Waals surface area (Å²) in [5.74, 6) is 0.813. The van der Waals surface area contributed by atoms with E-state index in [0.717, 1.165) is 18.8 Å². The van der Waals surface area contributed by atoms with Gasteiger partial charge in [0.1, 0.15) is 18.2 Å². The van der Waals surface area contributed by atoms with Gasteiger partial charge in [-0.25, -0.2) is 0 Å². The highest BCUT2D eigenvalue weighted by molar-refractivity contribution is 5.94. The zero-order valence-electron chi connectivity index (χ0n) is 12.5. The number of benzene rings is 1. The van der Waals surface area contributed by atoms with Crippen LogP contribution in [0.4, 0.5) is 0 Å². The van der Waals surface area contributed by atoms with Crippen molar-refractivity contribution in [1.29, 1.82) is 5.41 Å². The average Bonchev–Trinajstić information content (AvgIpc) is 2.36. The van der Waals surface area contributed by atoms with E-state index < -0.39 is 5.60 Å². The van der Waals surface area contributed by atoms with E-state index in [2.05, 4.69) is 11.8 Å². The summed E-state index contributed by atoms with van der Waals surface area (Å²) >= 11 is 0. The quantitative estimate of drug-likeness (QED) is 0.497. The Kier molecular flexibility index (Phi) is 5.98. The van der Waals surface area contributed by atoms with Crippen molar-refractivity contribution in [3.8, 4) is 5.75 Å². The molecular formula is C15H25N3O2.